The third-order valence-electron chi connectivity index (χ3n) is 4.58. The number of nitrogens with two attached hydrogens (primary N) is 1. The van der Waals surface area contributed by atoms with Gasteiger partial charge in [-0.15, -0.1) is 0 Å². The topological polar surface area (TPSA) is 85.3 Å². The molecule has 1 heterocycles. The average molecular weight is 411 g/mol. The molecule has 1 aromatic heterocycles. The van der Waals surface area contributed by atoms with Crippen LogP contribution in [-0.2, 0) is 6.42 Å². The van der Waals surface area contributed by atoms with Crippen LogP contribution in [0.1, 0.15) is 38.2 Å². The fourth-order valence-corrected chi connectivity index (χ4v) is 3.34. The first-order chi connectivity index (χ1) is 14.2. The van der Waals surface area contributed by atoms with Gasteiger partial charge in [0.25, 0.3) is 5.56 Å². The molecule has 1 atom stereocenters. The van der Waals surface area contributed by atoms with Gasteiger partial charge >= 0.3 is 0 Å². The number of fused-ring (bicyclic) bond motifs is 1. The normalized spacial score (nSPS) is 12.8. The highest BCUT2D eigenvalue weighted by Crippen LogP contribution is 2.22. The number of halogens is 2. The number of aliphatic imine (C=N–C) groups is 1. The van der Waals surface area contributed by atoms with Crippen LogP contribution in [0.4, 0.5) is 8.78 Å². The van der Waals surface area contributed by atoms with Crippen molar-refractivity contribution in [3.8, 4) is 5.69 Å². The predicted octanol–water partition coefficient (Wildman–Crippen LogP) is 3.73. The van der Waals surface area contributed by atoms with E-state index in [1.165, 1.54) is 4.57 Å². The van der Waals surface area contributed by atoms with Crippen LogP contribution in [0.15, 0.2) is 58.6 Å². The van der Waals surface area contributed by atoms with Crippen molar-refractivity contribution in [2.24, 2.45) is 10.7 Å². The van der Waals surface area contributed by atoms with Crippen molar-refractivity contribution in [3.05, 3.63) is 82.2 Å². The Hall–Kier alpha value is -3.55. The van der Waals surface area contributed by atoms with E-state index in [0.29, 0.717) is 23.2 Å². The lowest BCUT2D eigenvalue weighted by Crippen LogP contribution is -2.30. The lowest BCUT2D eigenvalue weighted by atomic mass is 10.1. The quantitative estimate of drug-likeness (QED) is 0.478. The van der Waals surface area contributed by atoms with E-state index >= 15 is 0 Å². The Kier molecular flexibility index (Phi) is 5.96. The Morgan fingerprint density at radius 1 is 1.30 bits per heavy atom. The van der Waals surface area contributed by atoms with Crippen molar-refractivity contribution >= 4 is 16.7 Å². The molecule has 0 bridgehead atoms. The standard InChI is InChI=1S/C22H23F2N5O/c1-5-15-7-6-8-19-20(15)28-21(12(2)26-14(4)27-13(3)25)29(22(19)30)18-10-16(23)9-17(24)11-18/h6-12,26H,4-5H2,1-3H3,(H2,25,27). The molecular weight excluding hydrogens is 388 g/mol. The summed E-state index contributed by atoms with van der Waals surface area (Å²) in [4.78, 5) is 22.1. The molecule has 30 heavy (non-hydrogen) atoms. The van der Waals surface area contributed by atoms with Crippen LogP contribution in [0.25, 0.3) is 16.6 Å². The zero-order chi connectivity index (χ0) is 22.0. The maximum Gasteiger partial charge on any atom is 0.266 e. The van der Waals surface area contributed by atoms with Gasteiger partial charge < -0.3 is 11.1 Å². The minimum Gasteiger partial charge on any atom is -0.387 e. The molecule has 0 saturated carbocycles. The molecule has 0 aliphatic heterocycles. The first-order valence-corrected chi connectivity index (χ1v) is 9.48. The number of benzene rings is 2. The summed E-state index contributed by atoms with van der Waals surface area (Å²) in [5.41, 5.74) is 6.65. The van der Waals surface area contributed by atoms with E-state index in [1.807, 2.05) is 13.0 Å². The number of aryl methyl sites for hydroxylation is 1. The zero-order valence-electron chi connectivity index (χ0n) is 17.0. The van der Waals surface area contributed by atoms with Gasteiger partial charge in [0.05, 0.1) is 28.5 Å². The van der Waals surface area contributed by atoms with Gasteiger partial charge in [-0.1, -0.05) is 25.6 Å². The lowest BCUT2D eigenvalue weighted by Gasteiger charge is -2.21. The highest BCUT2D eigenvalue weighted by Gasteiger charge is 2.20. The maximum absolute atomic E-state index is 13.9. The van der Waals surface area contributed by atoms with E-state index < -0.39 is 23.2 Å². The number of hydrogen-bond acceptors (Lipinski definition) is 4. The van der Waals surface area contributed by atoms with Crippen LogP contribution in [0, 0.1) is 11.6 Å². The Balaban J connectivity index is 2.30. The van der Waals surface area contributed by atoms with Crippen LogP contribution in [0.5, 0.6) is 0 Å². The van der Waals surface area contributed by atoms with Crippen LogP contribution >= 0.6 is 0 Å². The van der Waals surface area contributed by atoms with E-state index in [9.17, 15) is 13.6 Å². The van der Waals surface area contributed by atoms with Gasteiger partial charge in [-0.05, 0) is 44.0 Å². The fraction of sp³-hybridized carbons (Fsp3) is 0.227. The number of aromatic nitrogens is 2. The van der Waals surface area contributed by atoms with Crippen molar-refractivity contribution in [1.29, 1.82) is 0 Å². The average Bonchev–Trinajstić information content (AvgIpc) is 2.65. The molecule has 3 rings (SSSR count). The van der Waals surface area contributed by atoms with Gasteiger partial charge in [-0.2, -0.15) is 0 Å². The molecule has 0 fully saturated rings. The van der Waals surface area contributed by atoms with Crippen LogP contribution < -0.4 is 16.6 Å². The molecule has 0 spiro atoms. The van der Waals surface area contributed by atoms with Crippen molar-refractivity contribution in [2.75, 3.05) is 0 Å². The van der Waals surface area contributed by atoms with Gasteiger partial charge in [0, 0.05) is 6.07 Å². The lowest BCUT2D eigenvalue weighted by molar-refractivity contribution is 0.570. The summed E-state index contributed by atoms with van der Waals surface area (Å²) in [6.45, 7) is 9.13. The number of rotatable bonds is 6. The molecule has 2 aromatic carbocycles. The van der Waals surface area contributed by atoms with Crippen molar-refractivity contribution < 1.29 is 8.78 Å². The number of amidine groups is 1. The van der Waals surface area contributed by atoms with Crippen molar-refractivity contribution in [2.45, 2.75) is 33.2 Å². The van der Waals surface area contributed by atoms with E-state index in [0.717, 1.165) is 23.8 Å². The summed E-state index contributed by atoms with van der Waals surface area (Å²) in [5.74, 6) is -0.733. The van der Waals surface area contributed by atoms with Gasteiger partial charge in [0.15, 0.2) is 0 Å². The summed E-state index contributed by atoms with van der Waals surface area (Å²) in [5, 5.41) is 3.39. The molecule has 0 saturated heterocycles. The number of nitrogens with one attached hydrogen (secondary N) is 1. The molecule has 1 unspecified atom stereocenters. The Bertz CT molecular complexity index is 1190. The minimum absolute atomic E-state index is 0.0431. The van der Waals surface area contributed by atoms with E-state index in [1.54, 1.807) is 26.0 Å². The molecule has 8 heteroatoms. The maximum atomic E-state index is 13.9. The second-order valence-electron chi connectivity index (χ2n) is 6.97. The number of nitrogens with zero attached hydrogens (tertiary/aromatic N) is 3. The summed E-state index contributed by atoms with van der Waals surface area (Å²) in [7, 11) is 0. The highest BCUT2D eigenvalue weighted by molar-refractivity contribution is 5.81. The van der Waals surface area contributed by atoms with Gasteiger partial charge in [0.2, 0.25) is 0 Å². The third kappa shape index (κ3) is 4.22. The number of hydrogen-bond donors (Lipinski definition) is 2. The first kappa shape index (κ1) is 21.2. The summed E-state index contributed by atoms with van der Waals surface area (Å²) in [6, 6.07) is 7.68. The number of para-hydroxylation sites is 1. The van der Waals surface area contributed by atoms with Crippen LogP contribution in [-0.4, -0.2) is 15.4 Å². The monoisotopic (exact) mass is 411 g/mol. The fourth-order valence-electron chi connectivity index (χ4n) is 3.34. The van der Waals surface area contributed by atoms with Gasteiger partial charge in [-0.25, -0.2) is 18.8 Å². The largest absolute Gasteiger partial charge is 0.387 e. The van der Waals surface area contributed by atoms with Crippen LogP contribution in [0.3, 0.4) is 0 Å². The van der Waals surface area contributed by atoms with Crippen LogP contribution in [0.2, 0.25) is 0 Å². The Morgan fingerprint density at radius 3 is 2.57 bits per heavy atom. The Morgan fingerprint density at radius 2 is 1.97 bits per heavy atom. The second kappa shape index (κ2) is 8.44. The second-order valence-corrected chi connectivity index (χ2v) is 6.97. The van der Waals surface area contributed by atoms with E-state index in [2.05, 4.69) is 16.9 Å². The molecule has 6 nitrogen and oxygen atoms in total. The summed E-state index contributed by atoms with van der Waals surface area (Å²) < 4.78 is 29.1. The highest BCUT2D eigenvalue weighted by atomic mass is 19.1. The van der Waals surface area contributed by atoms with Crippen molar-refractivity contribution in [3.63, 3.8) is 0 Å². The third-order valence-corrected chi connectivity index (χ3v) is 4.58. The predicted molar refractivity (Wildman–Crippen MR) is 115 cm³/mol. The summed E-state index contributed by atoms with van der Waals surface area (Å²) in [6.07, 6.45) is 0.674. The molecule has 0 radical (unpaired) electrons. The summed E-state index contributed by atoms with van der Waals surface area (Å²) >= 11 is 0. The molecule has 0 aliphatic rings. The Labute approximate surface area is 172 Å². The molecule has 156 valence electrons. The zero-order valence-corrected chi connectivity index (χ0v) is 17.0. The SMILES string of the molecule is C=C(/N=C(\C)N)NC(C)c1nc2c(CC)cccc2c(=O)n1-c1cc(F)cc(F)c1. The molecule has 3 N–H and O–H groups in total. The van der Waals surface area contributed by atoms with Gasteiger partial charge in [0.1, 0.15) is 23.3 Å². The molecular formula is C22H23F2N5O. The van der Waals surface area contributed by atoms with E-state index in [-0.39, 0.29) is 17.3 Å². The molecule has 0 amide bonds. The van der Waals surface area contributed by atoms with E-state index in [4.69, 9.17) is 10.7 Å². The smallest absolute Gasteiger partial charge is 0.266 e. The van der Waals surface area contributed by atoms with Crippen molar-refractivity contribution in [1.82, 2.24) is 14.9 Å². The molecule has 3 aromatic rings. The van der Waals surface area contributed by atoms with Gasteiger partial charge in [-0.3, -0.25) is 9.36 Å². The first-order valence-electron chi connectivity index (χ1n) is 9.48. The molecule has 0 aliphatic carbocycles. The minimum atomic E-state index is -0.793.